The normalized spacial score (nSPS) is 12.0. The molecule has 0 saturated heterocycles. The molecule has 0 aliphatic carbocycles. The summed E-state index contributed by atoms with van der Waals surface area (Å²) in [7, 11) is -1.41. The molecule has 0 saturated carbocycles. The summed E-state index contributed by atoms with van der Waals surface area (Å²) in [5.74, 6) is 0. The third kappa shape index (κ3) is 8.29. The molecule has 2 N–H and O–H groups in total. The Balaban J connectivity index is 3.89. The Kier molecular flexibility index (Phi) is 9.98. The van der Waals surface area contributed by atoms with E-state index in [1.165, 1.54) is 50.2 Å². The van der Waals surface area contributed by atoms with Crippen molar-refractivity contribution in [3.05, 3.63) is 0 Å². The van der Waals surface area contributed by atoms with E-state index in [1.807, 2.05) is 0 Å². The number of nitrogens with two attached hydrogens (primary N) is 1. The lowest BCUT2D eigenvalue weighted by Crippen LogP contribution is -2.26. The van der Waals surface area contributed by atoms with Crippen LogP contribution in [-0.4, -0.2) is 13.9 Å². The van der Waals surface area contributed by atoms with Gasteiger partial charge in [-0.15, -0.1) is 0 Å². The molecule has 0 radical (unpaired) electrons. The Morgan fingerprint density at radius 2 is 1.33 bits per heavy atom. The number of rotatable bonds is 10. The number of hydrogen-bond donors (Lipinski definition) is 1. The Hall–Kier alpha value is 0.467. The second-order valence-corrected chi connectivity index (χ2v) is 10.8. The van der Waals surface area contributed by atoms with Gasteiger partial charge in [0.1, 0.15) is 0 Å². The topological polar surface area (TPSA) is 26.0 Å². The van der Waals surface area contributed by atoms with Crippen molar-refractivity contribution in [2.24, 2.45) is 5.73 Å². The van der Waals surface area contributed by atoms with E-state index in [9.17, 15) is 0 Å². The van der Waals surface area contributed by atoms with Crippen molar-refractivity contribution in [3.8, 4) is 0 Å². The average molecular weight is 250 g/mol. The van der Waals surface area contributed by atoms with Crippen LogP contribution in [0.4, 0.5) is 0 Å². The Labute approximate surface area is 101 Å². The fourth-order valence-electron chi connectivity index (χ4n) is 1.95. The van der Waals surface area contributed by atoms with E-state index in [2.05, 4.69) is 13.8 Å². The Bertz CT molecular complexity index is 134. The maximum Gasteiger partial charge on any atom is 0.156 e. The SMILES string of the molecule is CCCC[Si](Cl)(CCCC)CCCCN. The van der Waals surface area contributed by atoms with Crippen LogP contribution in [0.25, 0.3) is 0 Å². The van der Waals surface area contributed by atoms with Gasteiger partial charge >= 0.3 is 0 Å². The van der Waals surface area contributed by atoms with E-state index in [1.54, 1.807) is 0 Å². The van der Waals surface area contributed by atoms with E-state index in [0.29, 0.717) is 0 Å². The molecular weight excluding hydrogens is 222 g/mol. The molecule has 0 fully saturated rings. The van der Waals surface area contributed by atoms with Gasteiger partial charge in [0.15, 0.2) is 7.38 Å². The van der Waals surface area contributed by atoms with E-state index in [0.717, 1.165) is 13.0 Å². The van der Waals surface area contributed by atoms with E-state index in [4.69, 9.17) is 16.8 Å². The molecule has 0 aromatic carbocycles. The van der Waals surface area contributed by atoms with Gasteiger partial charge in [-0.2, -0.15) is 11.1 Å². The molecule has 0 atom stereocenters. The smallest absolute Gasteiger partial charge is 0.156 e. The van der Waals surface area contributed by atoms with Gasteiger partial charge < -0.3 is 5.73 Å². The molecule has 0 bridgehead atoms. The minimum absolute atomic E-state index is 0.822. The molecule has 3 heteroatoms. The first-order valence-corrected chi connectivity index (χ1v) is 10.2. The van der Waals surface area contributed by atoms with E-state index < -0.39 is 7.38 Å². The molecule has 0 amide bonds. The van der Waals surface area contributed by atoms with Crippen molar-refractivity contribution in [2.45, 2.75) is 70.5 Å². The van der Waals surface area contributed by atoms with Crippen LogP contribution in [0.3, 0.4) is 0 Å². The van der Waals surface area contributed by atoms with Gasteiger partial charge in [0.2, 0.25) is 0 Å². The minimum Gasteiger partial charge on any atom is -0.330 e. The van der Waals surface area contributed by atoms with E-state index in [-0.39, 0.29) is 0 Å². The fourth-order valence-corrected chi connectivity index (χ4v) is 6.76. The van der Waals surface area contributed by atoms with Crippen molar-refractivity contribution in [2.75, 3.05) is 6.54 Å². The van der Waals surface area contributed by atoms with Gasteiger partial charge in [-0.25, -0.2) is 0 Å². The molecule has 92 valence electrons. The lowest BCUT2D eigenvalue weighted by atomic mass is 10.3. The molecule has 0 aromatic rings. The zero-order valence-corrected chi connectivity index (χ0v) is 12.3. The van der Waals surface area contributed by atoms with Crippen LogP contribution in [-0.2, 0) is 0 Å². The highest BCUT2D eigenvalue weighted by Crippen LogP contribution is 2.31. The largest absolute Gasteiger partial charge is 0.330 e. The summed E-state index contributed by atoms with van der Waals surface area (Å²) in [4.78, 5) is 0. The number of hydrogen-bond acceptors (Lipinski definition) is 1. The minimum atomic E-state index is -1.41. The van der Waals surface area contributed by atoms with Crippen LogP contribution >= 0.6 is 11.1 Å². The third-order valence-electron chi connectivity index (χ3n) is 3.04. The number of unbranched alkanes of at least 4 members (excludes halogenated alkanes) is 3. The molecule has 0 rings (SSSR count). The second-order valence-electron chi connectivity index (χ2n) is 4.60. The lowest BCUT2D eigenvalue weighted by Gasteiger charge is -2.24. The Morgan fingerprint density at radius 3 is 1.73 bits per heavy atom. The van der Waals surface area contributed by atoms with Gasteiger partial charge in [0, 0.05) is 0 Å². The van der Waals surface area contributed by atoms with Crippen LogP contribution in [0.5, 0.6) is 0 Å². The van der Waals surface area contributed by atoms with Crippen LogP contribution in [0.1, 0.15) is 52.4 Å². The maximum atomic E-state index is 6.83. The highest BCUT2D eigenvalue weighted by atomic mass is 35.6. The zero-order chi connectivity index (χ0) is 11.6. The van der Waals surface area contributed by atoms with Crippen LogP contribution in [0, 0.1) is 0 Å². The van der Waals surface area contributed by atoms with Gasteiger partial charge in [0.25, 0.3) is 0 Å². The van der Waals surface area contributed by atoms with Gasteiger partial charge in [-0.05, 0) is 31.1 Å². The van der Waals surface area contributed by atoms with Crippen LogP contribution in [0.2, 0.25) is 18.1 Å². The van der Waals surface area contributed by atoms with E-state index >= 15 is 0 Å². The quantitative estimate of drug-likeness (QED) is 0.344. The first-order valence-electron chi connectivity index (χ1n) is 6.57. The zero-order valence-electron chi connectivity index (χ0n) is 10.5. The summed E-state index contributed by atoms with van der Waals surface area (Å²) >= 11 is 6.83. The number of halogens is 1. The van der Waals surface area contributed by atoms with Crippen molar-refractivity contribution in [3.63, 3.8) is 0 Å². The molecule has 0 unspecified atom stereocenters. The standard InChI is InChI=1S/C12H28ClNSi/c1-3-5-10-15(13,11-6-4-2)12-8-7-9-14/h3-12,14H2,1-2H3. The van der Waals surface area contributed by atoms with Crippen LogP contribution in [0.15, 0.2) is 0 Å². The summed E-state index contributed by atoms with van der Waals surface area (Å²) in [6.45, 7) is 5.33. The predicted molar refractivity (Wildman–Crippen MR) is 74.1 cm³/mol. The summed E-state index contributed by atoms with van der Waals surface area (Å²) in [6, 6.07) is 3.91. The summed E-state index contributed by atoms with van der Waals surface area (Å²) in [5, 5.41) is 0. The predicted octanol–water partition coefficient (Wildman–Crippen LogP) is 4.51. The van der Waals surface area contributed by atoms with Crippen molar-refractivity contribution >= 4 is 18.5 Å². The average Bonchev–Trinajstić information content (AvgIpc) is 2.24. The second kappa shape index (κ2) is 9.68. The summed E-state index contributed by atoms with van der Waals surface area (Å²) in [5.41, 5.74) is 5.53. The van der Waals surface area contributed by atoms with Gasteiger partial charge in [-0.3, -0.25) is 0 Å². The highest BCUT2D eigenvalue weighted by Gasteiger charge is 2.28. The molecule has 0 aliphatic heterocycles. The van der Waals surface area contributed by atoms with Crippen molar-refractivity contribution < 1.29 is 0 Å². The lowest BCUT2D eigenvalue weighted by molar-refractivity contribution is 0.775. The third-order valence-corrected chi connectivity index (χ3v) is 8.49. The Morgan fingerprint density at radius 1 is 0.867 bits per heavy atom. The first kappa shape index (κ1) is 15.5. The highest BCUT2D eigenvalue weighted by molar-refractivity contribution is 7.20. The molecule has 15 heavy (non-hydrogen) atoms. The van der Waals surface area contributed by atoms with Gasteiger partial charge in [0.05, 0.1) is 0 Å². The fraction of sp³-hybridized carbons (Fsp3) is 1.00. The molecule has 0 aromatic heterocycles. The molecule has 0 heterocycles. The summed E-state index contributed by atoms with van der Waals surface area (Å²) in [6.07, 6.45) is 7.61. The molecular formula is C12H28ClNSi. The maximum absolute atomic E-state index is 6.83. The summed E-state index contributed by atoms with van der Waals surface area (Å²) < 4.78 is 0. The van der Waals surface area contributed by atoms with Crippen molar-refractivity contribution in [1.82, 2.24) is 0 Å². The molecule has 1 nitrogen and oxygen atoms in total. The molecule has 0 aliphatic rings. The van der Waals surface area contributed by atoms with Crippen LogP contribution < -0.4 is 5.73 Å². The first-order chi connectivity index (χ1) is 7.18. The van der Waals surface area contributed by atoms with Gasteiger partial charge in [-0.1, -0.05) is 46.0 Å². The molecule has 0 spiro atoms. The monoisotopic (exact) mass is 249 g/mol. The van der Waals surface area contributed by atoms with Crippen molar-refractivity contribution in [1.29, 1.82) is 0 Å².